The predicted octanol–water partition coefficient (Wildman–Crippen LogP) is 1.63. The Labute approximate surface area is 117 Å². The Morgan fingerprint density at radius 3 is 2.63 bits per heavy atom. The van der Waals surface area contributed by atoms with Crippen LogP contribution >= 0.6 is 11.6 Å². The number of aromatic nitrogens is 1. The van der Waals surface area contributed by atoms with Gasteiger partial charge in [-0.05, 0) is 25.0 Å². The van der Waals surface area contributed by atoms with Crippen molar-refractivity contribution in [1.29, 1.82) is 0 Å². The molecule has 0 aliphatic carbocycles. The average Bonchev–Trinajstić information content (AvgIpc) is 2.35. The highest BCUT2D eigenvalue weighted by Gasteiger charge is 2.13. The van der Waals surface area contributed by atoms with E-state index in [0.29, 0.717) is 10.9 Å². The van der Waals surface area contributed by atoms with Gasteiger partial charge in [-0.2, -0.15) is 0 Å². The predicted molar refractivity (Wildman–Crippen MR) is 74.0 cm³/mol. The lowest BCUT2D eigenvalue weighted by Gasteiger charge is -2.17. The molecule has 5 nitrogen and oxygen atoms in total. The Kier molecular flexibility index (Phi) is 5.76. The third kappa shape index (κ3) is 5.26. The first-order valence-corrected chi connectivity index (χ1v) is 6.47. The topological polar surface area (TPSA) is 71.1 Å². The van der Waals surface area contributed by atoms with Gasteiger partial charge in [0.1, 0.15) is 5.69 Å². The number of hydrogen-bond donors (Lipinski definition) is 2. The van der Waals surface area contributed by atoms with Gasteiger partial charge in [0.2, 0.25) is 5.91 Å². The van der Waals surface area contributed by atoms with Crippen LogP contribution in [-0.2, 0) is 4.79 Å². The Morgan fingerprint density at radius 2 is 2.05 bits per heavy atom. The molecule has 104 valence electrons. The van der Waals surface area contributed by atoms with Crippen LogP contribution in [0.4, 0.5) is 0 Å². The minimum absolute atomic E-state index is 0.0636. The molecule has 0 unspecified atom stereocenters. The zero-order valence-electron chi connectivity index (χ0n) is 11.2. The van der Waals surface area contributed by atoms with E-state index in [1.165, 1.54) is 12.3 Å². The summed E-state index contributed by atoms with van der Waals surface area (Å²) < 4.78 is 0. The fourth-order valence-electron chi connectivity index (χ4n) is 1.25. The van der Waals surface area contributed by atoms with Crippen molar-refractivity contribution in [3.63, 3.8) is 0 Å². The summed E-state index contributed by atoms with van der Waals surface area (Å²) in [5, 5.41) is 5.72. The van der Waals surface area contributed by atoms with E-state index >= 15 is 0 Å². The number of halogens is 1. The van der Waals surface area contributed by atoms with Gasteiger partial charge in [0.15, 0.2) is 0 Å². The van der Waals surface area contributed by atoms with E-state index in [0.717, 1.165) is 0 Å². The quantitative estimate of drug-likeness (QED) is 0.863. The minimum Gasteiger partial charge on any atom is -0.352 e. The Bertz CT molecular complexity index is 463. The van der Waals surface area contributed by atoms with Crippen molar-refractivity contribution in [3.05, 3.63) is 29.0 Å². The van der Waals surface area contributed by atoms with E-state index in [9.17, 15) is 9.59 Å². The minimum atomic E-state index is -0.421. The molecule has 1 aromatic rings. The van der Waals surface area contributed by atoms with Crippen molar-refractivity contribution in [1.82, 2.24) is 15.6 Å². The number of carbonyl (C=O) groups excluding carboxylic acids is 2. The number of carbonyl (C=O) groups is 2. The van der Waals surface area contributed by atoms with Crippen LogP contribution in [0, 0.1) is 5.92 Å². The third-order valence-electron chi connectivity index (χ3n) is 2.75. The van der Waals surface area contributed by atoms with Crippen LogP contribution < -0.4 is 10.6 Å². The molecule has 0 aromatic carbocycles. The molecule has 1 atom stereocenters. The maximum Gasteiger partial charge on any atom is 0.270 e. The van der Waals surface area contributed by atoms with Crippen LogP contribution in [0.25, 0.3) is 0 Å². The zero-order chi connectivity index (χ0) is 14.4. The molecule has 2 amide bonds. The lowest BCUT2D eigenvalue weighted by molar-refractivity contribution is -0.121. The molecule has 1 aromatic heterocycles. The van der Waals surface area contributed by atoms with E-state index in [-0.39, 0.29) is 24.2 Å². The van der Waals surface area contributed by atoms with Crippen molar-refractivity contribution in [3.8, 4) is 0 Å². The molecule has 0 saturated heterocycles. The van der Waals surface area contributed by atoms with Crippen LogP contribution in [0.5, 0.6) is 0 Å². The number of pyridine rings is 1. The van der Waals surface area contributed by atoms with Crippen LogP contribution in [0.2, 0.25) is 5.02 Å². The molecule has 0 saturated carbocycles. The largest absolute Gasteiger partial charge is 0.352 e. The molecular formula is C13H18ClN3O2. The van der Waals surface area contributed by atoms with Gasteiger partial charge in [0.25, 0.3) is 5.91 Å². The highest BCUT2D eigenvalue weighted by molar-refractivity contribution is 6.30. The lowest BCUT2D eigenvalue weighted by Crippen LogP contribution is -2.42. The Hall–Kier alpha value is -1.62. The van der Waals surface area contributed by atoms with Gasteiger partial charge in [-0.25, -0.2) is 0 Å². The number of hydrogen-bond acceptors (Lipinski definition) is 3. The van der Waals surface area contributed by atoms with Crippen LogP contribution in [0.1, 0.15) is 31.3 Å². The number of nitrogens with zero attached hydrogens (tertiary/aromatic N) is 1. The second-order valence-corrected chi connectivity index (χ2v) is 5.08. The SMILES string of the molecule is CC(C)[C@H](C)NC(=O)CNC(=O)c1cc(Cl)ccn1. The van der Waals surface area contributed by atoms with Gasteiger partial charge in [0.05, 0.1) is 6.54 Å². The maximum atomic E-state index is 11.7. The molecular weight excluding hydrogens is 266 g/mol. The number of rotatable bonds is 5. The first kappa shape index (κ1) is 15.4. The summed E-state index contributed by atoms with van der Waals surface area (Å²) in [5.41, 5.74) is 0.192. The smallest absolute Gasteiger partial charge is 0.270 e. The molecule has 0 radical (unpaired) electrons. The van der Waals surface area contributed by atoms with Gasteiger partial charge in [-0.15, -0.1) is 0 Å². The van der Waals surface area contributed by atoms with Crippen molar-refractivity contribution < 1.29 is 9.59 Å². The highest BCUT2D eigenvalue weighted by Crippen LogP contribution is 2.07. The summed E-state index contributed by atoms with van der Waals surface area (Å²) in [4.78, 5) is 27.2. The first-order chi connectivity index (χ1) is 8.90. The summed E-state index contributed by atoms with van der Waals surface area (Å²) in [6, 6.07) is 3.09. The van der Waals surface area contributed by atoms with E-state index in [4.69, 9.17) is 11.6 Å². The Balaban J connectivity index is 2.44. The third-order valence-corrected chi connectivity index (χ3v) is 2.99. The van der Waals surface area contributed by atoms with E-state index in [2.05, 4.69) is 15.6 Å². The molecule has 1 rings (SSSR count). The number of nitrogens with one attached hydrogen (secondary N) is 2. The standard InChI is InChI=1S/C13H18ClN3O2/c1-8(2)9(3)17-12(18)7-16-13(19)11-6-10(14)4-5-15-11/h4-6,8-9H,7H2,1-3H3,(H,16,19)(H,17,18)/t9-/m0/s1. The monoisotopic (exact) mass is 283 g/mol. The molecule has 0 aliphatic rings. The normalized spacial score (nSPS) is 12.1. The van der Waals surface area contributed by atoms with Crippen molar-refractivity contribution in [2.45, 2.75) is 26.8 Å². The van der Waals surface area contributed by atoms with E-state index in [1.807, 2.05) is 20.8 Å². The summed E-state index contributed by atoms with van der Waals surface area (Å²) in [6.07, 6.45) is 1.44. The lowest BCUT2D eigenvalue weighted by atomic mass is 10.1. The molecule has 1 heterocycles. The van der Waals surface area contributed by atoms with Crippen LogP contribution in [0.3, 0.4) is 0 Å². The molecule has 0 fully saturated rings. The molecule has 0 spiro atoms. The second kappa shape index (κ2) is 7.09. The van der Waals surface area contributed by atoms with E-state index < -0.39 is 5.91 Å². The first-order valence-electron chi connectivity index (χ1n) is 6.09. The van der Waals surface area contributed by atoms with Gasteiger partial charge < -0.3 is 10.6 Å². The molecule has 0 bridgehead atoms. The van der Waals surface area contributed by atoms with Gasteiger partial charge >= 0.3 is 0 Å². The van der Waals surface area contributed by atoms with Gasteiger partial charge in [0, 0.05) is 17.3 Å². The Morgan fingerprint density at radius 1 is 1.37 bits per heavy atom. The summed E-state index contributed by atoms with van der Waals surface area (Å²) in [5.74, 6) is -0.305. The maximum absolute atomic E-state index is 11.7. The second-order valence-electron chi connectivity index (χ2n) is 4.64. The highest BCUT2D eigenvalue weighted by atomic mass is 35.5. The fraction of sp³-hybridized carbons (Fsp3) is 0.462. The zero-order valence-corrected chi connectivity index (χ0v) is 12.0. The fourth-order valence-corrected chi connectivity index (χ4v) is 1.41. The molecule has 0 aliphatic heterocycles. The summed E-state index contributed by atoms with van der Waals surface area (Å²) in [7, 11) is 0. The summed E-state index contributed by atoms with van der Waals surface area (Å²) in [6.45, 7) is 5.87. The van der Waals surface area contributed by atoms with Crippen molar-refractivity contribution in [2.75, 3.05) is 6.54 Å². The van der Waals surface area contributed by atoms with E-state index in [1.54, 1.807) is 6.07 Å². The number of amides is 2. The van der Waals surface area contributed by atoms with Crippen molar-refractivity contribution in [2.24, 2.45) is 5.92 Å². The average molecular weight is 284 g/mol. The van der Waals surface area contributed by atoms with Gasteiger partial charge in [-0.1, -0.05) is 25.4 Å². The summed E-state index contributed by atoms with van der Waals surface area (Å²) >= 11 is 5.76. The molecule has 6 heteroatoms. The van der Waals surface area contributed by atoms with Crippen LogP contribution in [-0.4, -0.2) is 29.4 Å². The molecule has 2 N–H and O–H groups in total. The van der Waals surface area contributed by atoms with Crippen LogP contribution in [0.15, 0.2) is 18.3 Å². The van der Waals surface area contributed by atoms with Crippen molar-refractivity contribution >= 4 is 23.4 Å². The molecule has 19 heavy (non-hydrogen) atoms. The van der Waals surface area contributed by atoms with Gasteiger partial charge in [-0.3, -0.25) is 14.6 Å².